The van der Waals surface area contributed by atoms with Crippen molar-refractivity contribution in [3.63, 3.8) is 0 Å². The lowest BCUT2D eigenvalue weighted by Gasteiger charge is -2.34. The van der Waals surface area contributed by atoms with Gasteiger partial charge in [0, 0.05) is 32.0 Å². The van der Waals surface area contributed by atoms with Crippen LogP contribution in [-0.4, -0.2) is 29.0 Å². The minimum absolute atomic E-state index is 0.445. The molecule has 0 amide bonds. The number of hydrogen-bond donors (Lipinski definition) is 1. The smallest absolute Gasteiger partial charge is 0.148 e. The third-order valence-electron chi connectivity index (χ3n) is 2.74. The second kappa shape index (κ2) is 4.00. The van der Waals surface area contributed by atoms with Crippen molar-refractivity contribution >= 4 is 5.82 Å². The average molecular weight is 195 g/mol. The first-order valence-corrected chi connectivity index (χ1v) is 5.14. The summed E-state index contributed by atoms with van der Waals surface area (Å²) in [5.74, 6) is 0.978. The summed E-state index contributed by atoms with van der Waals surface area (Å²) in [6, 6.07) is 2.56. The van der Waals surface area contributed by atoms with Crippen LogP contribution in [0.1, 0.15) is 19.8 Å². The summed E-state index contributed by atoms with van der Waals surface area (Å²) in [6.45, 7) is 3.01. The molecule has 0 radical (unpaired) electrons. The summed E-state index contributed by atoms with van der Waals surface area (Å²) in [4.78, 5) is 0. The number of aromatic nitrogens is 2. The second-order valence-corrected chi connectivity index (χ2v) is 3.73. The van der Waals surface area contributed by atoms with Crippen molar-refractivity contribution in [1.29, 1.82) is 0 Å². The van der Waals surface area contributed by atoms with Crippen molar-refractivity contribution in [3.05, 3.63) is 12.3 Å². The highest BCUT2D eigenvalue weighted by atomic mass is 16.5. The number of rotatable bonds is 4. The van der Waals surface area contributed by atoms with Gasteiger partial charge in [0.2, 0.25) is 0 Å². The predicted octanol–water partition coefficient (Wildman–Crippen LogP) is 1.49. The fraction of sp³-hybridized carbons (Fsp3) is 0.700. The van der Waals surface area contributed by atoms with E-state index in [4.69, 9.17) is 4.74 Å². The van der Waals surface area contributed by atoms with Gasteiger partial charge < -0.3 is 10.1 Å². The van der Waals surface area contributed by atoms with Gasteiger partial charge in [-0.15, -0.1) is 0 Å². The van der Waals surface area contributed by atoms with Crippen LogP contribution in [-0.2, 0) is 11.3 Å². The van der Waals surface area contributed by atoms with Crippen molar-refractivity contribution in [3.8, 4) is 0 Å². The monoisotopic (exact) mass is 195 g/mol. The molecule has 1 fully saturated rings. The zero-order valence-electron chi connectivity index (χ0n) is 8.73. The van der Waals surface area contributed by atoms with Gasteiger partial charge in [-0.1, -0.05) is 0 Å². The SMILES string of the molecule is CCn1ccc(NC2CC(OC)C2)n1. The highest BCUT2D eigenvalue weighted by molar-refractivity contribution is 5.34. The number of hydrogen-bond acceptors (Lipinski definition) is 3. The summed E-state index contributed by atoms with van der Waals surface area (Å²) in [7, 11) is 1.77. The van der Waals surface area contributed by atoms with Crippen molar-refractivity contribution in [2.75, 3.05) is 12.4 Å². The van der Waals surface area contributed by atoms with Crippen LogP contribution >= 0.6 is 0 Å². The Balaban J connectivity index is 1.81. The lowest BCUT2D eigenvalue weighted by Crippen LogP contribution is -2.40. The van der Waals surface area contributed by atoms with E-state index < -0.39 is 0 Å². The van der Waals surface area contributed by atoms with Gasteiger partial charge in [-0.3, -0.25) is 4.68 Å². The molecule has 0 aliphatic heterocycles. The van der Waals surface area contributed by atoms with E-state index in [9.17, 15) is 0 Å². The lowest BCUT2D eigenvalue weighted by molar-refractivity contribution is 0.0328. The molecule has 1 saturated carbocycles. The molecule has 1 aromatic heterocycles. The minimum Gasteiger partial charge on any atom is -0.381 e. The quantitative estimate of drug-likeness (QED) is 0.791. The normalized spacial score (nSPS) is 25.9. The van der Waals surface area contributed by atoms with Crippen LogP contribution in [0.4, 0.5) is 5.82 Å². The van der Waals surface area contributed by atoms with Gasteiger partial charge in [-0.05, 0) is 19.8 Å². The zero-order valence-corrected chi connectivity index (χ0v) is 8.73. The molecule has 1 heterocycles. The van der Waals surface area contributed by atoms with Crippen molar-refractivity contribution < 1.29 is 4.74 Å². The Morgan fingerprint density at radius 3 is 3.00 bits per heavy atom. The van der Waals surface area contributed by atoms with E-state index >= 15 is 0 Å². The Morgan fingerprint density at radius 1 is 1.64 bits per heavy atom. The molecule has 0 bridgehead atoms. The topological polar surface area (TPSA) is 39.1 Å². The number of anilines is 1. The minimum atomic E-state index is 0.445. The van der Waals surface area contributed by atoms with E-state index in [-0.39, 0.29) is 0 Å². The standard InChI is InChI=1S/C10H17N3O/c1-3-13-5-4-10(12-13)11-8-6-9(7-8)14-2/h4-5,8-9H,3,6-7H2,1-2H3,(H,11,12). The molecule has 0 saturated heterocycles. The molecule has 1 aliphatic rings. The third kappa shape index (κ3) is 1.90. The number of ether oxygens (including phenoxy) is 1. The summed E-state index contributed by atoms with van der Waals surface area (Å²) < 4.78 is 7.14. The molecule has 14 heavy (non-hydrogen) atoms. The largest absolute Gasteiger partial charge is 0.381 e. The summed E-state index contributed by atoms with van der Waals surface area (Å²) in [5, 5.41) is 7.75. The highest BCUT2D eigenvalue weighted by Crippen LogP contribution is 2.25. The van der Waals surface area contributed by atoms with Gasteiger partial charge in [0.05, 0.1) is 6.10 Å². The van der Waals surface area contributed by atoms with Crippen LogP contribution in [0.3, 0.4) is 0 Å². The molecule has 1 N–H and O–H groups in total. The zero-order chi connectivity index (χ0) is 9.97. The Morgan fingerprint density at radius 2 is 2.43 bits per heavy atom. The second-order valence-electron chi connectivity index (χ2n) is 3.73. The van der Waals surface area contributed by atoms with E-state index in [1.54, 1.807) is 7.11 Å². The summed E-state index contributed by atoms with van der Waals surface area (Å²) >= 11 is 0. The van der Waals surface area contributed by atoms with E-state index in [1.807, 2.05) is 16.9 Å². The van der Waals surface area contributed by atoms with Crippen molar-refractivity contribution in [1.82, 2.24) is 9.78 Å². The molecule has 4 nitrogen and oxygen atoms in total. The van der Waals surface area contributed by atoms with E-state index in [2.05, 4.69) is 17.3 Å². The Kier molecular flexibility index (Phi) is 2.72. The molecule has 2 rings (SSSR count). The van der Waals surface area contributed by atoms with Crippen molar-refractivity contribution in [2.24, 2.45) is 0 Å². The molecule has 0 spiro atoms. The van der Waals surface area contributed by atoms with Crippen molar-refractivity contribution in [2.45, 2.75) is 38.5 Å². The molecule has 78 valence electrons. The van der Waals surface area contributed by atoms with Gasteiger partial charge in [0.15, 0.2) is 0 Å². The molecular formula is C10H17N3O. The lowest BCUT2D eigenvalue weighted by atomic mass is 9.89. The maximum absolute atomic E-state index is 5.21. The van der Waals surface area contributed by atoms with Gasteiger partial charge in [0.25, 0.3) is 0 Å². The predicted molar refractivity (Wildman–Crippen MR) is 55.3 cm³/mol. The molecule has 0 aromatic carbocycles. The Labute approximate surface area is 84.3 Å². The van der Waals surface area contributed by atoms with Crippen LogP contribution in [0.15, 0.2) is 12.3 Å². The molecule has 1 aromatic rings. The summed E-state index contributed by atoms with van der Waals surface area (Å²) in [5.41, 5.74) is 0. The van der Waals surface area contributed by atoms with Gasteiger partial charge in [-0.25, -0.2) is 0 Å². The fourth-order valence-electron chi connectivity index (χ4n) is 1.70. The molecule has 0 unspecified atom stereocenters. The van der Waals surface area contributed by atoms with Crippen LogP contribution in [0.25, 0.3) is 0 Å². The van der Waals surface area contributed by atoms with Crippen LogP contribution in [0, 0.1) is 0 Å². The Hall–Kier alpha value is -1.03. The molecular weight excluding hydrogens is 178 g/mol. The van der Waals surface area contributed by atoms with E-state index in [1.165, 1.54) is 0 Å². The first-order valence-electron chi connectivity index (χ1n) is 5.14. The first kappa shape index (κ1) is 9.52. The van der Waals surface area contributed by atoms with Crippen LogP contribution in [0.5, 0.6) is 0 Å². The first-order chi connectivity index (χ1) is 6.81. The van der Waals surface area contributed by atoms with Crippen LogP contribution in [0.2, 0.25) is 0 Å². The van der Waals surface area contributed by atoms with Gasteiger partial charge >= 0.3 is 0 Å². The number of nitrogens with one attached hydrogen (secondary N) is 1. The molecule has 1 aliphatic carbocycles. The molecule has 0 atom stereocenters. The summed E-state index contributed by atoms with van der Waals surface area (Å²) in [6.07, 6.45) is 4.63. The number of aryl methyl sites for hydroxylation is 1. The van der Waals surface area contributed by atoms with Gasteiger partial charge in [0.1, 0.15) is 5.82 Å². The molecule has 4 heteroatoms. The number of methoxy groups -OCH3 is 1. The fourth-order valence-corrected chi connectivity index (χ4v) is 1.70. The third-order valence-corrected chi connectivity index (χ3v) is 2.74. The van der Waals surface area contributed by atoms with Crippen LogP contribution < -0.4 is 5.32 Å². The highest BCUT2D eigenvalue weighted by Gasteiger charge is 2.29. The maximum atomic E-state index is 5.21. The Bertz CT molecular complexity index is 291. The van der Waals surface area contributed by atoms with E-state index in [0.717, 1.165) is 25.2 Å². The van der Waals surface area contributed by atoms with E-state index in [0.29, 0.717) is 12.1 Å². The van der Waals surface area contributed by atoms with Gasteiger partial charge in [-0.2, -0.15) is 5.10 Å². The maximum Gasteiger partial charge on any atom is 0.148 e. The average Bonchev–Trinajstić information content (AvgIpc) is 2.58. The number of nitrogens with zero attached hydrogens (tertiary/aromatic N) is 2.